The smallest absolute Gasteiger partial charge is 0.321 e. The van der Waals surface area contributed by atoms with Crippen molar-refractivity contribution in [1.82, 2.24) is 9.88 Å². The zero-order chi connectivity index (χ0) is 17.3. The van der Waals surface area contributed by atoms with E-state index < -0.39 is 5.60 Å². The van der Waals surface area contributed by atoms with Crippen LogP contribution in [0, 0.1) is 0 Å². The van der Waals surface area contributed by atoms with Crippen molar-refractivity contribution in [2.75, 3.05) is 37.9 Å². The summed E-state index contributed by atoms with van der Waals surface area (Å²) >= 11 is 0. The molecule has 1 aliphatic rings. The van der Waals surface area contributed by atoms with Crippen LogP contribution in [-0.2, 0) is 0 Å². The first kappa shape index (κ1) is 16.6. The van der Waals surface area contributed by atoms with Crippen LogP contribution in [0.2, 0.25) is 0 Å². The first-order valence-electron chi connectivity index (χ1n) is 8.19. The fourth-order valence-corrected chi connectivity index (χ4v) is 3.10. The zero-order valence-electron chi connectivity index (χ0n) is 14.4. The number of anilines is 2. The van der Waals surface area contributed by atoms with Gasteiger partial charge in [-0.1, -0.05) is 12.8 Å². The summed E-state index contributed by atoms with van der Waals surface area (Å²) in [6, 6.07) is 5.63. The maximum absolute atomic E-state index is 12.3. The maximum atomic E-state index is 12.3. The number of carbonyl (C=O) groups is 1. The lowest BCUT2D eigenvalue weighted by atomic mass is 10.0. The Balaban J connectivity index is 1.68. The molecule has 7 nitrogen and oxygen atoms in total. The standard InChI is InChI=1S/C17H24N4O3/c1-20(2)16-19-13-7-6-12(10-14(13)24-16)18-15(22)21(3)11-17(23)8-4-5-9-17/h6-7,10,23H,4-5,8-9,11H2,1-3H3,(H,18,22). The molecule has 0 unspecified atom stereocenters. The van der Waals surface area contributed by atoms with Crippen LogP contribution in [0.4, 0.5) is 16.5 Å². The van der Waals surface area contributed by atoms with Crippen molar-refractivity contribution >= 4 is 28.8 Å². The Kier molecular flexibility index (Phi) is 4.36. The average molecular weight is 332 g/mol. The number of oxazole rings is 1. The molecule has 130 valence electrons. The summed E-state index contributed by atoms with van der Waals surface area (Å²) in [4.78, 5) is 20.0. The van der Waals surface area contributed by atoms with Crippen LogP contribution in [0.15, 0.2) is 22.6 Å². The van der Waals surface area contributed by atoms with Gasteiger partial charge in [-0.2, -0.15) is 4.98 Å². The molecule has 3 rings (SSSR count). The van der Waals surface area contributed by atoms with Gasteiger partial charge in [0, 0.05) is 32.9 Å². The van der Waals surface area contributed by atoms with E-state index in [1.54, 1.807) is 24.1 Å². The monoisotopic (exact) mass is 332 g/mol. The summed E-state index contributed by atoms with van der Waals surface area (Å²) in [5, 5.41) is 13.3. The number of amides is 2. The molecule has 2 amide bonds. The van der Waals surface area contributed by atoms with Crippen LogP contribution in [0.5, 0.6) is 0 Å². The molecule has 7 heteroatoms. The van der Waals surface area contributed by atoms with Crippen molar-refractivity contribution in [1.29, 1.82) is 0 Å². The molecule has 1 fully saturated rings. The minimum Gasteiger partial charge on any atom is -0.423 e. The number of benzene rings is 1. The molecule has 0 aliphatic heterocycles. The number of rotatable bonds is 4. The van der Waals surface area contributed by atoms with Gasteiger partial charge in [-0.25, -0.2) is 4.79 Å². The highest BCUT2D eigenvalue weighted by Gasteiger charge is 2.33. The van der Waals surface area contributed by atoms with Crippen LogP contribution in [0.25, 0.3) is 11.1 Å². The number of carbonyl (C=O) groups excluding carboxylic acids is 1. The maximum Gasteiger partial charge on any atom is 0.321 e. The first-order valence-corrected chi connectivity index (χ1v) is 8.19. The predicted octanol–water partition coefficient (Wildman–Crippen LogP) is 2.66. The molecule has 0 saturated heterocycles. The number of nitrogens with one attached hydrogen (secondary N) is 1. The van der Waals surface area contributed by atoms with E-state index in [1.165, 1.54) is 4.90 Å². The van der Waals surface area contributed by atoms with E-state index >= 15 is 0 Å². The third kappa shape index (κ3) is 3.46. The van der Waals surface area contributed by atoms with Gasteiger partial charge in [0.15, 0.2) is 5.58 Å². The Morgan fingerprint density at radius 2 is 2.04 bits per heavy atom. The lowest BCUT2D eigenvalue weighted by Gasteiger charge is -2.28. The van der Waals surface area contributed by atoms with E-state index in [0.717, 1.165) is 31.2 Å². The number of likely N-dealkylation sites (N-methyl/N-ethyl adjacent to an activating group) is 1. The van der Waals surface area contributed by atoms with Gasteiger partial charge in [-0.05, 0) is 25.0 Å². The van der Waals surface area contributed by atoms with E-state index in [4.69, 9.17) is 4.42 Å². The molecule has 0 radical (unpaired) electrons. The molecule has 24 heavy (non-hydrogen) atoms. The molecule has 0 bridgehead atoms. The molecule has 1 aromatic carbocycles. The second-order valence-corrected chi connectivity index (χ2v) is 6.79. The number of hydrogen-bond donors (Lipinski definition) is 2. The van der Waals surface area contributed by atoms with Crippen molar-refractivity contribution < 1.29 is 14.3 Å². The van der Waals surface area contributed by atoms with E-state index in [9.17, 15) is 9.90 Å². The number of fused-ring (bicyclic) bond motifs is 1. The van der Waals surface area contributed by atoms with Crippen molar-refractivity contribution in [2.24, 2.45) is 0 Å². The molecule has 1 heterocycles. The Morgan fingerprint density at radius 1 is 1.33 bits per heavy atom. The summed E-state index contributed by atoms with van der Waals surface area (Å²) in [6.07, 6.45) is 3.54. The van der Waals surface area contributed by atoms with Gasteiger partial charge in [-0.3, -0.25) is 0 Å². The molecule has 0 atom stereocenters. The van der Waals surface area contributed by atoms with Gasteiger partial charge in [-0.15, -0.1) is 0 Å². The largest absolute Gasteiger partial charge is 0.423 e. The highest BCUT2D eigenvalue weighted by Crippen LogP contribution is 2.30. The second-order valence-electron chi connectivity index (χ2n) is 6.79. The quantitative estimate of drug-likeness (QED) is 0.899. The minimum atomic E-state index is -0.748. The number of urea groups is 1. The third-order valence-corrected chi connectivity index (χ3v) is 4.42. The van der Waals surface area contributed by atoms with Gasteiger partial charge >= 0.3 is 6.03 Å². The lowest BCUT2D eigenvalue weighted by Crippen LogP contribution is -2.43. The van der Waals surface area contributed by atoms with Crippen molar-refractivity contribution in [3.63, 3.8) is 0 Å². The lowest BCUT2D eigenvalue weighted by molar-refractivity contribution is 0.0261. The van der Waals surface area contributed by atoms with Crippen molar-refractivity contribution in [3.05, 3.63) is 18.2 Å². The minimum absolute atomic E-state index is 0.248. The predicted molar refractivity (Wildman–Crippen MR) is 93.4 cm³/mol. The number of hydrogen-bond acceptors (Lipinski definition) is 5. The highest BCUT2D eigenvalue weighted by atomic mass is 16.4. The van der Waals surface area contributed by atoms with Gasteiger partial charge in [0.05, 0.1) is 12.1 Å². The summed E-state index contributed by atoms with van der Waals surface area (Å²) < 4.78 is 5.65. The molecule has 1 aliphatic carbocycles. The highest BCUT2D eigenvalue weighted by molar-refractivity contribution is 5.91. The van der Waals surface area contributed by atoms with Gasteiger partial charge in [0.1, 0.15) is 5.52 Å². The Labute approximate surface area is 141 Å². The zero-order valence-corrected chi connectivity index (χ0v) is 14.4. The van der Waals surface area contributed by atoms with Gasteiger partial charge in [0.25, 0.3) is 6.01 Å². The molecule has 1 aromatic heterocycles. The molecular formula is C17H24N4O3. The van der Waals surface area contributed by atoms with Crippen molar-refractivity contribution in [2.45, 2.75) is 31.3 Å². The van der Waals surface area contributed by atoms with Crippen LogP contribution in [-0.4, -0.2) is 54.3 Å². The summed E-state index contributed by atoms with van der Waals surface area (Å²) in [7, 11) is 5.41. The van der Waals surface area contributed by atoms with Crippen LogP contribution < -0.4 is 10.2 Å². The topological polar surface area (TPSA) is 81.8 Å². The normalized spacial score (nSPS) is 16.3. The van der Waals surface area contributed by atoms with Crippen LogP contribution in [0.3, 0.4) is 0 Å². The molecule has 2 N–H and O–H groups in total. The van der Waals surface area contributed by atoms with E-state index in [2.05, 4.69) is 10.3 Å². The summed E-state index contributed by atoms with van der Waals surface area (Å²) in [5.41, 5.74) is 1.25. The van der Waals surface area contributed by atoms with E-state index in [-0.39, 0.29) is 6.03 Å². The average Bonchev–Trinajstić information content (AvgIpc) is 3.13. The van der Waals surface area contributed by atoms with Crippen LogP contribution in [0.1, 0.15) is 25.7 Å². The number of aliphatic hydroxyl groups is 1. The van der Waals surface area contributed by atoms with Crippen molar-refractivity contribution in [3.8, 4) is 0 Å². The molecule has 0 spiro atoms. The second kappa shape index (κ2) is 6.32. The van der Waals surface area contributed by atoms with Crippen LogP contribution >= 0.6 is 0 Å². The fraction of sp³-hybridized carbons (Fsp3) is 0.529. The number of nitrogens with zero attached hydrogens (tertiary/aromatic N) is 3. The summed E-state index contributed by atoms with van der Waals surface area (Å²) in [6.45, 7) is 0.341. The summed E-state index contributed by atoms with van der Waals surface area (Å²) in [5.74, 6) is 0. The Bertz CT molecular complexity index is 735. The molecule has 1 saturated carbocycles. The Hall–Kier alpha value is -2.28. The first-order chi connectivity index (χ1) is 11.4. The van der Waals surface area contributed by atoms with Gasteiger partial charge in [0.2, 0.25) is 0 Å². The SMILES string of the molecule is CN(CC1(O)CCCC1)C(=O)Nc1ccc2nc(N(C)C)oc2c1. The molecule has 2 aromatic rings. The third-order valence-electron chi connectivity index (χ3n) is 4.42. The van der Waals surface area contributed by atoms with E-state index in [0.29, 0.717) is 23.8 Å². The fourth-order valence-electron chi connectivity index (χ4n) is 3.10. The van der Waals surface area contributed by atoms with Gasteiger partial charge < -0.3 is 24.6 Å². The Morgan fingerprint density at radius 3 is 2.71 bits per heavy atom. The number of aromatic nitrogens is 1. The molecular weight excluding hydrogens is 308 g/mol. The van der Waals surface area contributed by atoms with E-state index in [1.807, 2.05) is 20.2 Å².